The van der Waals surface area contributed by atoms with Crippen molar-refractivity contribution in [3.05, 3.63) is 0 Å². The molecule has 4 unspecified atom stereocenters. The summed E-state index contributed by atoms with van der Waals surface area (Å²) in [6.45, 7) is 9.61. The average Bonchev–Trinajstić information content (AvgIpc) is 3.09. The lowest BCUT2D eigenvalue weighted by atomic mass is 9.84. The molecule has 3 aliphatic rings. The van der Waals surface area contributed by atoms with Crippen molar-refractivity contribution >= 4 is 0 Å². The van der Waals surface area contributed by atoms with Gasteiger partial charge in [0.1, 0.15) is 0 Å². The topological polar surface area (TPSA) is 15.3 Å². The van der Waals surface area contributed by atoms with Gasteiger partial charge in [-0.1, -0.05) is 27.2 Å². The molecule has 0 aromatic carbocycles. The molecular weight excluding hydrogens is 232 g/mol. The minimum absolute atomic E-state index is 0.396. The normalized spacial score (nSPS) is 41.8. The van der Waals surface area contributed by atoms with Crippen molar-refractivity contribution in [3.8, 4) is 0 Å². The average molecular weight is 264 g/mol. The molecule has 1 N–H and O–H groups in total. The van der Waals surface area contributed by atoms with Gasteiger partial charge in [-0.25, -0.2) is 0 Å². The molecule has 2 aliphatic carbocycles. The summed E-state index contributed by atoms with van der Waals surface area (Å²) in [4.78, 5) is 2.94. The van der Waals surface area contributed by atoms with Gasteiger partial charge < -0.3 is 5.32 Å². The molecular formula is C17H32N2. The van der Waals surface area contributed by atoms with Crippen LogP contribution in [0.25, 0.3) is 0 Å². The molecule has 2 saturated carbocycles. The number of nitrogens with one attached hydrogen (secondary N) is 1. The van der Waals surface area contributed by atoms with Crippen LogP contribution in [0.2, 0.25) is 0 Å². The Labute approximate surface area is 119 Å². The molecule has 0 spiro atoms. The summed E-state index contributed by atoms with van der Waals surface area (Å²) in [5.74, 6) is 2.10. The third kappa shape index (κ3) is 2.35. The minimum atomic E-state index is 0.396. The van der Waals surface area contributed by atoms with Crippen LogP contribution in [-0.2, 0) is 0 Å². The highest BCUT2D eigenvalue weighted by Crippen LogP contribution is 2.48. The standard InChI is InChI=1S/C17H32N2/c1-4-15-11-18-17(5-2,6-3)12-19(15)16-10-13-7-8-14(16)9-13/h13-16,18H,4-12H2,1-3H3. The highest BCUT2D eigenvalue weighted by molar-refractivity contribution is 5.03. The van der Waals surface area contributed by atoms with Gasteiger partial charge in [0.25, 0.3) is 0 Å². The number of rotatable bonds is 4. The zero-order valence-corrected chi connectivity index (χ0v) is 13.1. The number of hydrogen-bond acceptors (Lipinski definition) is 2. The summed E-state index contributed by atoms with van der Waals surface area (Å²) in [5, 5.41) is 3.89. The fraction of sp³-hybridized carbons (Fsp3) is 1.00. The first kappa shape index (κ1) is 13.9. The Bertz CT molecular complexity index is 310. The molecule has 3 rings (SSSR count). The Hall–Kier alpha value is -0.0800. The van der Waals surface area contributed by atoms with Crippen LogP contribution in [0.3, 0.4) is 0 Å². The first-order chi connectivity index (χ1) is 9.21. The molecule has 0 radical (unpaired) electrons. The quantitative estimate of drug-likeness (QED) is 0.837. The Morgan fingerprint density at radius 3 is 2.42 bits per heavy atom. The first-order valence-corrected chi connectivity index (χ1v) is 8.72. The van der Waals surface area contributed by atoms with Gasteiger partial charge in [0.05, 0.1) is 0 Å². The van der Waals surface area contributed by atoms with E-state index < -0.39 is 0 Å². The second-order valence-corrected chi connectivity index (χ2v) is 7.34. The zero-order valence-electron chi connectivity index (χ0n) is 13.1. The van der Waals surface area contributed by atoms with E-state index in [4.69, 9.17) is 0 Å². The fourth-order valence-corrected chi connectivity index (χ4v) is 5.09. The molecule has 0 amide bonds. The number of piperazine rings is 1. The molecule has 4 atom stereocenters. The van der Waals surface area contributed by atoms with E-state index in [1.165, 1.54) is 58.0 Å². The van der Waals surface area contributed by atoms with Crippen molar-refractivity contribution in [2.24, 2.45) is 11.8 Å². The monoisotopic (exact) mass is 264 g/mol. The summed E-state index contributed by atoms with van der Waals surface area (Å²) in [6, 6.07) is 1.71. The molecule has 1 aliphatic heterocycles. The van der Waals surface area contributed by atoms with Crippen LogP contribution in [0.5, 0.6) is 0 Å². The van der Waals surface area contributed by atoms with Crippen LogP contribution in [0.1, 0.15) is 65.7 Å². The van der Waals surface area contributed by atoms with Gasteiger partial charge >= 0.3 is 0 Å². The molecule has 2 heteroatoms. The van der Waals surface area contributed by atoms with E-state index in [0.29, 0.717) is 5.54 Å². The summed E-state index contributed by atoms with van der Waals surface area (Å²) in [6.07, 6.45) is 9.94. The van der Waals surface area contributed by atoms with Crippen molar-refractivity contribution in [2.75, 3.05) is 13.1 Å². The predicted octanol–water partition coefficient (Wildman–Crippen LogP) is 3.42. The third-order valence-corrected chi connectivity index (χ3v) is 6.62. The fourth-order valence-electron chi connectivity index (χ4n) is 5.09. The number of fused-ring (bicyclic) bond motifs is 2. The van der Waals surface area contributed by atoms with Gasteiger partial charge in [-0.15, -0.1) is 0 Å². The summed E-state index contributed by atoms with van der Waals surface area (Å²) in [7, 11) is 0. The zero-order chi connectivity index (χ0) is 13.5. The highest BCUT2D eigenvalue weighted by atomic mass is 15.3. The summed E-state index contributed by atoms with van der Waals surface area (Å²) in [5.41, 5.74) is 0.396. The van der Waals surface area contributed by atoms with Crippen LogP contribution in [0, 0.1) is 11.8 Å². The van der Waals surface area contributed by atoms with E-state index in [2.05, 4.69) is 31.0 Å². The Morgan fingerprint density at radius 2 is 1.89 bits per heavy atom. The van der Waals surface area contributed by atoms with E-state index in [-0.39, 0.29) is 0 Å². The van der Waals surface area contributed by atoms with Gasteiger partial charge in [0, 0.05) is 30.7 Å². The van der Waals surface area contributed by atoms with Crippen molar-refractivity contribution < 1.29 is 0 Å². The largest absolute Gasteiger partial charge is 0.308 e. The SMILES string of the molecule is CCC1CNC(CC)(CC)CN1C1CC2CCC1C2. The van der Waals surface area contributed by atoms with Crippen molar-refractivity contribution in [2.45, 2.75) is 83.3 Å². The number of nitrogens with zero attached hydrogens (tertiary/aromatic N) is 1. The van der Waals surface area contributed by atoms with Crippen LogP contribution in [0.4, 0.5) is 0 Å². The lowest BCUT2D eigenvalue weighted by Crippen LogP contribution is -2.66. The van der Waals surface area contributed by atoms with Crippen LogP contribution < -0.4 is 5.32 Å². The maximum Gasteiger partial charge on any atom is 0.0304 e. The van der Waals surface area contributed by atoms with Gasteiger partial charge in [0.2, 0.25) is 0 Å². The Balaban J connectivity index is 1.76. The Morgan fingerprint density at radius 1 is 1.11 bits per heavy atom. The van der Waals surface area contributed by atoms with Crippen LogP contribution in [0.15, 0.2) is 0 Å². The van der Waals surface area contributed by atoms with E-state index in [1.54, 1.807) is 0 Å². The lowest BCUT2D eigenvalue weighted by molar-refractivity contribution is 0.0148. The van der Waals surface area contributed by atoms with Crippen molar-refractivity contribution in [1.29, 1.82) is 0 Å². The van der Waals surface area contributed by atoms with Gasteiger partial charge in [-0.05, 0) is 50.4 Å². The van der Waals surface area contributed by atoms with E-state index in [0.717, 1.165) is 23.9 Å². The lowest BCUT2D eigenvalue weighted by Gasteiger charge is -2.51. The minimum Gasteiger partial charge on any atom is -0.308 e. The second-order valence-electron chi connectivity index (χ2n) is 7.34. The van der Waals surface area contributed by atoms with Crippen LogP contribution in [-0.4, -0.2) is 35.6 Å². The first-order valence-electron chi connectivity index (χ1n) is 8.72. The highest BCUT2D eigenvalue weighted by Gasteiger charge is 2.47. The predicted molar refractivity (Wildman–Crippen MR) is 81.3 cm³/mol. The maximum absolute atomic E-state index is 3.89. The third-order valence-electron chi connectivity index (χ3n) is 6.62. The van der Waals surface area contributed by atoms with Gasteiger partial charge in [-0.3, -0.25) is 4.90 Å². The molecule has 1 heterocycles. The van der Waals surface area contributed by atoms with Gasteiger partial charge in [0.15, 0.2) is 0 Å². The smallest absolute Gasteiger partial charge is 0.0304 e. The molecule has 19 heavy (non-hydrogen) atoms. The molecule has 2 nitrogen and oxygen atoms in total. The summed E-state index contributed by atoms with van der Waals surface area (Å²) < 4.78 is 0. The number of hydrogen-bond donors (Lipinski definition) is 1. The van der Waals surface area contributed by atoms with E-state index in [9.17, 15) is 0 Å². The Kier molecular flexibility index (Phi) is 3.92. The molecule has 1 saturated heterocycles. The molecule has 110 valence electrons. The van der Waals surface area contributed by atoms with Crippen molar-refractivity contribution in [1.82, 2.24) is 10.2 Å². The molecule has 0 aromatic heterocycles. The second kappa shape index (κ2) is 5.37. The van der Waals surface area contributed by atoms with Crippen molar-refractivity contribution in [3.63, 3.8) is 0 Å². The molecule has 2 bridgehead atoms. The van der Waals surface area contributed by atoms with Gasteiger partial charge in [-0.2, -0.15) is 0 Å². The van der Waals surface area contributed by atoms with E-state index >= 15 is 0 Å². The maximum atomic E-state index is 3.89. The molecule has 3 fully saturated rings. The van der Waals surface area contributed by atoms with E-state index in [1.807, 2.05) is 0 Å². The molecule has 0 aromatic rings. The van der Waals surface area contributed by atoms with Crippen LogP contribution >= 0.6 is 0 Å². The summed E-state index contributed by atoms with van der Waals surface area (Å²) >= 11 is 0.